The molecule has 0 heterocycles. The van der Waals surface area contributed by atoms with Gasteiger partial charge < -0.3 is 5.32 Å². The Balaban J connectivity index is 1.52. The molecule has 1 fully saturated rings. The summed E-state index contributed by atoms with van der Waals surface area (Å²) in [5.41, 5.74) is 1.30. The Kier molecular flexibility index (Phi) is 5.27. The number of hydrogen-bond acceptors (Lipinski definition) is 4. The van der Waals surface area contributed by atoms with Crippen molar-refractivity contribution in [2.45, 2.75) is 31.8 Å². The highest BCUT2D eigenvalue weighted by Gasteiger charge is 2.34. The molecule has 6 heteroatoms. The maximum atomic E-state index is 12.7. The van der Waals surface area contributed by atoms with Gasteiger partial charge in [-0.25, -0.2) is 0 Å². The minimum absolute atomic E-state index is 0.0728. The molecule has 1 atom stereocenters. The van der Waals surface area contributed by atoms with Gasteiger partial charge in [-0.05, 0) is 48.2 Å². The highest BCUT2D eigenvalue weighted by molar-refractivity contribution is 5.94. The van der Waals surface area contributed by atoms with E-state index in [4.69, 9.17) is 0 Å². The van der Waals surface area contributed by atoms with Crippen molar-refractivity contribution in [2.75, 3.05) is 11.9 Å². The Morgan fingerprint density at radius 1 is 1.10 bits per heavy atom. The van der Waals surface area contributed by atoms with E-state index in [9.17, 15) is 14.9 Å². The molecule has 1 aliphatic rings. The predicted octanol–water partition coefficient (Wildman–Crippen LogP) is 4.91. The lowest BCUT2D eigenvalue weighted by Gasteiger charge is -2.29. The summed E-state index contributed by atoms with van der Waals surface area (Å²) in [5.74, 6) is -0.237. The van der Waals surface area contributed by atoms with Crippen LogP contribution in [0.2, 0.25) is 0 Å². The van der Waals surface area contributed by atoms with E-state index >= 15 is 0 Å². The van der Waals surface area contributed by atoms with Gasteiger partial charge in [0.25, 0.3) is 5.69 Å². The number of benzene rings is 3. The van der Waals surface area contributed by atoms with Crippen molar-refractivity contribution in [1.82, 2.24) is 4.90 Å². The van der Waals surface area contributed by atoms with Crippen molar-refractivity contribution in [2.24, 2.45) is 0 Å². The zero-order chi connectivity index (χ0) is 20.4. The average molecular weight is 389 g/mol. The Morgan fingerprint density at radius 3 is 2.52 bits per heavy atom. The second-order valence-corrected chi connectivity index (χ2v) is 7.51. The first kappa shape index (κ1) is 19.1. The Bertz CT molecular complexity index is 1060. The summed E-state index contributed by atoms with van der Waals surface area (Å²) >= 11 is 0. The molecule has 1 amide bonds. The van der Waals surface area contributed by atoms with Gasteiger partial charge in [0.15, 0.2) is 0 Å². The zero-order valence-corrected chi connectivity index (χ0v) is 16.2. The first-order valence-electron chi connectivity index (χ1n) is 9.80. The molecule has 0 aliphatic heterocycles. The molecule has 3 aromatic carbocycles. The number of carbonyl (C=O) groups is 1. The van der Waals surface area contributed by atoms with Crippen LogP contribution in [0, 0.1) is 10.1 Å². The number of nitro benzene ring substituents is 1. The summed E-state index contributed by atoms with van der Waals surface area (Å²) in [6.07, 6.45) is 2.13. The molecule has 0 aromatic heterocycles. The van der Waals surface area contributed by atoms with Gasteiger partial charge in [-0.15, -0.1) is 0 Å². The van der Waals surface area contributed by atoms with E-state index < -0.39 is 4.92 Å². The van der Waals surface area contributed by atoms with Crippen molar-refractivity contribution in [3.63, 3.8) is 0 Å². The van der Waals surface area contributed by atoms with E-state index in [1.54, 1.807) is 18.2 Å². The number of nitrogens with zero attached hydrogens (tertiary/aromatic N) is 2. The van der Waals surface area contributed by atoms with Gasteiger partial charge in [0.2, 0.25) is 5.91 Å². The molecule has 0 radical (unpaired) electrons. The standard InChI is InChI=1S/C23H23N3O3/c1-16(18-11-10-17-6-2-3-7-19(17)14-18)25(20-12-13-20)15-23(27)24-21-8-4-5-9-22(21)26(28)29/h2-11,14,16,20H,12-13,15H2,1H3,(H,24,27). The van der Waals surface area contributed by atoms with Crippen LogP contribution in [0.3, 0.4) is 0 Å². The Labute approximate surface area is 169 Å². The van der Waals surface area contributed by atoms with Gasteiger partial charge in [-0.1, -0.05) is 48.5 Å². The molecule has 1 N–H and O–H groups in total. The van der Waals surface area contributed by atoms with Gasteiger partial charge in [-0.3, -0.25) is 19.8 Å². The van der Waals surface area contributed by atoms with Crippen molar-refractivity contribution in [3.05, 3.63) is 82.4 Å². The summed E-state index contributed by atoms with van der Waals surface area (Å²) in [6.45, 7) is 2.31. The molecular weight excluding hydrogens is 366 g/mol. The maximum Gasteiger partial charge on any atom is 0.292 e. The van der Waals surface area contributed by atoms with Gasteiger partial charge in [0.1, 0.15) is 5.69 Å². The predicted molar refractivity (Wildman–Crippen MR) is 114 cm³/mol. The Hall–Kier alpha value is -3.25. The Morgan fingerprint density at radius 2 is 1.79 bits per heavy atom. The third-order valence-corrected chi connectivity index (χ3v) is 5.47. The first-order chi connectivity index (χ1) is 14.0. The molecule has 4 rings (SSSR count). The molecular formula is C23H23N3O3. The molecule has 0 bridgehead atoms. The summed E-state index contributed by atoms with van der Waals surface area (Å²) in [5, 5.41) is 16.3. The fraction of sp³-hybridized carbons (Fsp3) is 0.261. The van der Waals surface area contributed by atoms with Gasteiger partial charge in [-0.2, -0.15) is 0 Å². The molecule has 3 aromatic rings. The van der Waals surface area contributed by atoms with E-state index in [1.165, 1.54) is 16.8 Å². The lowest BCUT2D eigenvalue weighted by Crippen LogP contribution is -2.37. The van der Waals surface area contributed by atoms with Crippen molar-refractivity contribution in [3.8, 4) is 0 Å². The van der Waals surface area contributed by atoms with Crippen molar-refractivity contribution < 1.29 is 9.72 Å². The normalized spacial score (nSPS) is 14.7. The molecule has 0 spiro atoms. The fourth-order valence-electron chi connectivity index (χ4n) is 3.74. The quantitative estimate of drug-likeness (QED) is 0.460. The molecule has 1 saturated carbocycles. The summed E-state index contributed by atoms with van der Waals surface area (Å²) in [7, 11) is 0. The smallest absolute Gasteiger partial charge is 0.292 e. The van der Waals surface area contributed by atoms with Gasteiger partial charge in [0, 0.05) is 18.2 Å². The number of nitro groups is 1. The number of fused-ring (bicyclic) bond motifs is 1. The van der Waals surface area contributed by atoms with Crippen LogP contribution in [0.25, 0.3) is 10.8 Å². The van der Waals surface area contributed by atoms with E-state index in [0.29, 0.717) is 6.04 Å². The van der Waals surface area contributed by atoms with Crippen LogP contribution >= 0.6 is 0 Å². The molecule has 6 nitrogen and oxygen atoms in total. The van der Waals surface area contributed by atoms with Crippen LogP contribution in [0.4, 0.5) is 11.4 Å². The molecule has 1 unspecified atom stereocenters. The van der Waals surface area contributed by atoms with Crippen LogP contribution in [0.1, 0.15) is 31.4 Å². The topological polar surface area (TPSA) is 75.5 Å². The maximum absolute atomic E-state index is 12.7. The van der Waals surface area contributed by atoms with Crippen LogP contribution < -0.4 is 5.32 Å². The van der Waals surface area contributed by atoms with Gasteiger partial charge >= 0.3 is 0 Å². The number of rotatable bonds is 7. The minimum atomic E-state index is -0.480. The molecule has 29 heavy (non-hydrogen) atoms. The lowest BCUT2D eigenvalue weighted by molar-refractivity contribution is -0.383. The van der Waals surface area contributed by atoms with E-state index in [0.717, 1.165) is 18.4 Å². The first-order valence-corrected chi connectivity index (χ1v) is 9.80. The molecule has 1 aliphatic carbocycles. The molecule has 148 valence electrons. The van der Waals surface area contributed by atoms with Crippen LogP contribution in [0.15, 0.2) is 66.7 Å². The molecule has 0 saturated heterocycles. The van der Waals surface area contributed by atoms with Crippen LogP contribution in [-0.4, -0.2) is 28.3 Å². The third-order valence-electron chi connectivity index (χ3n) is 5.47. The van der Waals surface area contributed by atoms with Crippen molar-refractivity contribution in [1.29, 1.82) is 0 Å². The number of amides is 1. The third kappa shape index (κ3) is 4.27. The zero-order valence-electron chi connectivity index (χ0n) is 16.2. The van der Waals surface area contributed by atoms with Gasteiger partial charge in [0.05, 0.1) is 11.5 Å². The van der Waals surface area contributed by atoms with E-state index in [-0.39, 0.29) is 29.9 Å². The van der Waals surface area contributed by atoms with E-state index in [2.05, 4.69) is 47.5 Å². The number of anilines is 1. The van der Waals surface area contributed by atoms with Crippen LogP contribution in [0.5, 0.6) is 0 Å². The average Bonchev–Trinajstić information content (AvgIpc) is 3.56. The van der Waals surface area contributed by atoms with E-state index in [1.807, 2.05) is 12.1 Å². The highest BCUT2D eigenvalue weighted by atomic mass is 16.6. The van der Waals surface area contributed by atoms with Crippen LogP contribution in [-0.2, 0) is 4.79 Å². The SMILES string of the molecule is CC(c1ccc2ccccc2c1)N(CC(=O)Nc1ccccc1[N+](=O)[O-])C1CC1. The largest absolute Gasteiger partial charge is 0.319 e. The number of hydrogen-bond donors (Lipinski definition) is 1. The number of para-hydroxylation sites is 2. The lowest BCUT2D eigenvalue weighted by atomic mass is 10.0. The minimum Gasteiger partial charge on any atom is -0.319 e. The second-order valence-electron chi connectivity index (χ2n) is 7.51. The fourth-order valence-corrected chi connectivity index (χ4v) is 3.74. The summed E-state index contributed by atoms with van der Waals surface area (Å²) in [6, 6.07) is 21.3. The number of carbonyl (C=O) groups excluding carboxylic acids is 1. The summed E-state index contributed by atoms with van der Waals surface area (Å²) < 4.78 is 0. The highest BCUT2D eigenvalue weighted by Crippen LogP contribution is 2.35. The second kappa shape index (κ2) is 8.01. The monoisotopic (exact) mass is 389 g/mol. The summed E-state index contributed by atoms with van der Waals surface area (Å²) in [4.78, 5) is 25.6. The number of nitrogens with one attached hydrogen (secondary N) is 1. The van der Waals surface area contributed by atoms with Crippen molar-refractivity contribution >= 4 is 28.1 Å².